The van der Waals surface area contributed by atoms with Crippen LogP contribution in [0, 0.1) is 0 Å². The number of furan rings is 1. The van der Waals surface area contributed by atoms with E-state index in [1.807, 2.05) is 11.8 Å². The van der Waals surface area contributed by atoms with Crippen LogP contribution in [0.1, 0.15) is 24.4 Å². The smallest absolute Gasteiger partial charge is 0.287 e. The molecule has 1 aromatic heterocycles. The van der Waals surface area contributed by atoms with Crippen molar-refractivity contribution in [1.29, 1.82) is 0 Å². The number of guanidine groups is 1. The minimum atomic E-state index is -0.197. The third-order valence-corrected chi connectivity index (χ3v) is 4.67. The van der Waals surface area contributed by atoms with Gasteiger partial charge in [0, 0.05) is 43.7 Å². The topological polar surface area (TPSA) is 69.9 Å². The number of nitrogens with one attached hydrogen (secondary N) is 2. The monoisotopic (exact) mass is 324 g/mol. The molecule has 0 spiro atoms. The van der Waals surface area contributed by atoms with Crippen molar-refractivity contribution in [2.45, 2.75) is 18.6 Å². The van der Waals surface area contributed by atoms with E-state index in [1.165, 1.54) is 6.26 Å². The molecular formula is C15H24N4O2S. The van der Waals surface area contributed by atoms with Gasteiger partial charge in [0.15, 0.2) is 11.7 Å². The van der Waals surface area contributed by atoms with E-state index in [-0.39, 0.29) is 10.7 Å². The molecule has 7 heteroatoms. The number of hydrogen-bond donors (Lipinski definition) is 2. The van der Waals surface area contributed by atoms with Crippen molar-refractivity contribution in [3.05, 3.63) is 24.2 Å². The first-order valence-electron chi connectivity index (χ1n) is 7.43. The van der Waals surface area contributed by atoms with Crippen molar-refractivity contribution in [3.8, 4) is 0 Å². The normalized spacial score (nSPS) is 18.1. The van der Waals surface area contributed by atoms with Gasteiger partial charge in [-0.2, -0.15) is 11.8 Å². The number of hydrogen-bond acceptors (Lipinski definition) is 4. The molecule has 0 unspecified atom stereocenters. The lowest BCUT2D eigenvalue weighted by atomic mass is 10.2. The fourth-order valence-electron chi connectivity index (χ4n) is 2.37. The Balaban J connectivity index is 1.74. The van der Waals surface area contributed by atoms with Gasteiger partial charge in [0.1, 0.15) is 0 Å². The minimum Gasteiger partial charge on any atom is -0.459 e. The van der Waals surface area contributed by atoms with Gasteiger partial charge in [-0.1, -0.05) is 0 Å². The maximum Gasteiger partial charge on any atom is 0.287 e. The lowest BCUT2D eigenvalue weighted by Gasteiger charge is -2.39. The van der Waals surface area contributed by atoms with Gasteiger partial charge in [0.2, 0.25) is 0 Å². The average Bonchev–Trinajstić information content (AvgIpc) is 3.00. The Hall–Kier alpha value is -1.63. The van der Waals surface area contributed by atoms with Crippen LogP contribution < -0.4 is 10.6 Å². The van der Waals surface area contributed by atoms with Crippen LogP contribution in [0.15, 0.2) is 27.8 Å². The van der Waals surface area contributed by atoms with Crippen LogP contribution in [0.3, 0.4) is 0 Å². The van der Waals surface area contributed by atoms with Crippen molar-refractivity contribution >= 4 is 23.6 Å². The minimum absolute atomic E-state index is 0.197. The van der Waals surface area contributed by atoms with Crippen LogP contribution >= 0.6 is 11.8 Å². The fraction of sp³-hybridized carbons (Fsp3) is 0.600. The lowest BCUT2D eigenvalue weighted by molar-refractivity contribution is 0.0926. The van der Waals surface area contributed by atoms with Gasteiger partial charge in [-0.25, -0.2) is 0 Å². The Kier molecular flexibility index (Phi) is 5.76. The molecule has 0 saturated carbocycles. The largest absolute Gasteiger partial charge is 0.459 e. The first kappa shape index (κ1) is 16.7. The fourth-order valence-corrected chi connectivity index (χ4v) is 3.49. The first-order chi connectivity index (χ1) is 10.5. The molecule has 1 aliphatic heterocycles. The Bertz CT molecular complexity index is 514. The van der Waals surface area contributed by atoms with Gasteiger partial charge in [0.25, 0.3) is 5.91 Å². The van der Waals surface area contributed by atoms with Crippen LogP contribution in [-0.4, -0.2) is 60.5 Å². The molecule has 0 aromatic carbocycles. The lowest BCUT2D eigenvalue weighted by Crippen LogP contribution is -2.51. The molecule has 0 bridgehead atoms. The zero-order valence-corrected chi connectivity index (χ0v) is 14.2. The predicted molar refractivity (Wildman–Crippen MR) is 90.5 cm³/mol. The number of amides is 1. The van der Waals surface area contributed by atoms with Crippen molar-refractivity contribution in [1.82, 2.24) is 15.5 Å². The molecule has 1 aromatic rings. The van der Waals surface area contributed by atoms with E-state index in [2.05, 4.69) is 34.4 Å². The van der Waals surface area contributed by atoms with E-state index in [0.717, 1.165) is 24.8 Å². The van der Waals surface area contributed by atoms with E-state index in [4.69, 9.17) is 4.42 Å². The summed E-state index contributed by atoms with van der Waals surface area (Å²) in [5.74, 6) is 2.13. The third-order valence-electron chi connectivity index (χ3n) is 3.38. The second-order valence-electron chi connectivity index (χ2n) is 5.74. The molecule has 0 aliphatic carbocycles. The summed E-state index contributed by atoms with van der Waals surface area (Å²) in [7, 11) is 1.79. The van der Waals surface area contributed by atoms with Crippen LogP contribution in [0.5, 0.6) is 0 Å². The standard InChI is InChI=1S/C15H24N4O2S/c1-15(2)11-19(8-10-22-15)14(16-3)18-7-6-17-13(20)12-5-4-9-21-12/h4-5,9H,6-8,10-11H2,1-3H3,(H,16,18)(H,17,20). The molecular weight excluding hydrogens is 300 g/mol. The highest BCUT2D eigenvalue weighted by atomic mass is 32.2. The molecule has 0 radical (unpaired) electrons. The molecule has 122 valence electrons. The summed E-state index contributed by atoms with van der Waals surface area (Å²) in [6, 6.07) is 3.35. The molecule has 0 atom stereocenters. The number of nitrogens with zero attached hydrogens (tertiary/aromatic N) is 2. The summed E-state index contributed by atoms with van der Waals surface area (Å²) in [5, 5.41) is 6.11. The van der Waals surface area contributed by atoms with E-state index in [9.17, 15) is 4.79 Å². The van der Waals surface area contributed by atoms with Crippen LogP contribution in [0.25, 0.3) is 0 Å². The third kappa shape index (κ3) is 4.69. The summed E-state index contributed by atoms with van der Waals surface area (Å²) in [4.78, 5) is 18.3. The zero-order chi connectivity index (χ0) is 16.0. The molecule has 22 heavy (non-hydrogen) atoms. The van der Waals surface area contributed by atoms with E-state index < -0.39 is 0 Å². The quantitative estimate of drug-likeness (QED) is 0.498. The summed E-state index contributed by atoms with van der Waals surface area (Å²) < 4.78 is 5.29. The SMILES string of the molecule is CN=C(NCCNC(=O)c1ccco1)N1CCSC(C)(C)C1. The molecule has 1 amide bonds. The van der Waals surface area contributed by atoms with Crippen molar-refractivity contribution in [3.63, 3.8) is 0 Å². The zero-order valence-electron chi connectivity index (χ0n) is 13.4. The van der Waals surface area contributed by atoms with Crippen LogP contribution in [0.2, 0.25) is 0 Å². The average molecular weight is 324 g/mol. The number of carbonyl (C=O) groups excluding carboxylic acids is 1. The summed E-state index contributed by atoms with van der Waals surface area (Å²) in [5.41, 5.74) is 0. The number of thioether (sulfide) groups is 1. The molecule has 1 fully saturated rings. The van der Waals surface area contributed by atoms with Gasteiger partial charge < -0.3 is 20.0 Å². The molecule has 1 saturated heterocycles. The number of carbonyl (C=O) groups is 1. The van der Waals surface area contributed by atoms with Crippen LogP contribution in [0.4, 0.5) is 0 Å². The van der Waals surface area contributed by atoms with Gasteiger partial charge in [-0.3, -0.25) is 9.79 Å². The van der Waals surface area contributed by atoms with Crippen molar-refractivity contribution in [2.24, 2.45) is 4.99 Å². The van der Waals surface area contributed by atoms with E-state index in [1.54, 1.807) is 19.2 Å². The van der Waals surface area contributed by atoms with Gasteiger partial charge in [-0.05, 0) is 26.0 Å². The van der Waals surface area contributed by atoms with E-state index >= 15 is 0 Å². The summed E-state index contributed by atoms with van der Waals surface area (Å²) in [6.07, 6.45) is 1.49. The van der Waals surface area contributed by atoms with E-state index in [0.29, 0.717) is 18.8 Å². The Morgan fingerprint density at radius 1 is 1.45 bits per heavy atom. The molecule has 6 nitrogen and oxygen atoms in total. The molecule has 2 rings (SSSR count). The van der Waals surface area contributed by atoms with Gasteiger partial charge in [0.05, 0.1) is 6.26 Å². The second-order valence-corrected chi connectivity index (χ2v) is 7.54. The Labute approximate surface area is 135 Å². The maximum atomic E-state index is 11.7. The molecule has 2 N–H and O–H groups in total. The highest BCUT2D eigenvalue weighted by Crippen LogP contribution is 2.29. The predicted octanol–water partition coefficient (Wildman–Crippen LogP) is 1.41. The maximum absolute atomic E-state index is 11.7. The second kappa shape index (κ2) is 7.58. The van der Waals surface area contributed by atoms with Crippen molar-refractivity contribution in [2.75, 3.05) is 39.0 Å². The number of aliphatic imine (C=N–C) groups is 1. The first-order valence-corrected chi connectivity index (χ1v) is 8.42. The highest BCUT2D eigenvalue weighted by molar-refractivity contribution is 8.00. The van der Waals surface area contributed by atoms with Gasteiger partial charge >= 0.3 is 0 Å². The van der Waals surface area contributed by atoms with Crippen molar-refractivity contribution < 1.29 is 9.21 Å². The Morgan fingerprint density at radius 3 is 2.86 bits per heavy atom. The summed E-state index contributed by atoms with van der Waals surface area (Å²) in [6.45, 7) is 7.61. The molecule has 1 aliphatic rings. The molecule has 2 heterocycles. The van der Waals surface area contributed by atoms with Gasteiger partial charge in [-0.15, -0.1) is 0 Å². The summed E-state index contributed by atoms with van der Waals surface area (Å²) >= 11 is 1.99. The number of rotatable bonds is 4. The Morgan fingerprint density at radius 2 is 2.23 bits per heavy atom. The van der Waals surface area contributed by atoms with Crippen LogP contribution in [-0.2, 0) is 0 Å². The highest BCUT2D eigenvalue weighted by Gasteiger charge is 2.28.